The van der Waals surface area contributed by atoms with Crippen molar-refractivity contribution in [3.63, 3.8) is 0 Å². The fourth-order valence-electron chi connectivity index (χ4n) is 4.08. The third kappa shape index (κ3) is 2.06. The molecule has 3 rings (SSSR count). The molecular formula is C16H21NO2. The smallest absolute Gasteiger partial charge is 0.308 e. The predicted molar refractivity (Wildman–Crippen MR) is 73.9 cm³/mol. The van der Waals surface area contributed by atoms with Crippen LogP contribution in [-0.2, 0) is 4.79 Å². The lowest BCUT2D eigenvalue weighted by molar-refractivity contribution is -0.142. The zero-order valence-electron chi connectivity index (χ0n) is 11.3. The Morgan fingerprint density at radius 1 is 1.37 bits per heavy atom. The summed E-state index contributed by atoms with van der Waals surface area (Å²) in [7, 11) is 0. The van der Waals surface area contributed by atoms with Gasteiger partial charge in [0.05, 0.1) is 5.92 Å². The zero-order valence-corrected chi connectivity index (χ0v) is 11.3. The highest BCUT2D eigenvalue weighted by molar-refractivity contribution is 5.71. The van der Waals surface area contributed by atoms with Crippen molar-refractivity contribution in [2.75, 3.05) is 0 Å². The summed E-state index contributed by atoms with van der Waals surface area (Å²) in [5.74, 6) is -0.767. The van der Waals surface area contributed by atoms with Gasteiger partial charge in [0.25, 0.3) is 0 Å². The van der Waals surface area contributed by atoms with Crippen molar-refractivity contribution in [3.8, 4) is 0 Å². The Hall–Kier alpha value is -1.35. The van der Waals surface area contributed by atoms with Gasteiger partial charge in [0, 0.05) is 18.1 Å². The van der Waals surface area contributed by atoms with Crippen LogP contribution in [0.1, 0.15) is 44.2 Å². The van der Waals surface area contributed by atoms with Gasteiger partial charge in [-0.1, -0.05) is 37.3 Å². The Kier molecular flexibility index (Phi) is 3.31. The van der Waals surface area contributed by atoms with Crippen LogP contribution in [0.15, 0.2) is 30.3 Å². The molecule has 0 aromatic heterocycles. The summed E-state index contributed by atoms with van der Waals surface area (Å²) in [5, 5.41) is 9.35. The Bertz CT molecular complexity index is 459. The maximum atomic E-state index is 11.4. The lowest BCUT2D eigenvalue weighted by Crippen LogP contribution is -2.35. The van der Waals surface area contributed by atoms with Crippen molar-refractivity contribution in [2.24, 2.45) is 5.92 Å². The minimum absolute atomic E-state index is 0.156. The molecule has 4 atom stereocenters. The van der Waals surface area contributed by atoms with Gasteiger partial charge in [-0.2, -0.15) is 0 Å². The first-order valence-electron chi connectivity index (χ1n) is 7.27. The second-order valence-corrected chi connectivity index (χ2v) is 5.76. The number of nitrogens with zero attached hydrogens (tertiary/aromatic N) is 1. The molecule has 0 spiro atoms. The second kappa shape index (κ2) is 4.97. The number of carboxylic acid groups (broad SMARTS) is 1. The van der Waals surface area contributed by atoms with Crippen LogP contribution in [0.2, 0.25) is 0 Å². The number of hydrogen-bond acceptors (Lipinski definition) is 2. The highest BCUT2D eigenvalue weighted by Gasteiger charge is 2.51. The molecule has 19 heavy (non-hydrogen) atoms. The monoisotopic (exact) mass is 259 g/mol. The maximum Gasteiger partial charge on any atom is 0.308 e. The number of carboxylic acids is 1. The predicted octanol–water partition coefficient (Wildman–Crippen LogP) is 3.08. The average Bonchev–Trinajstić information content (AvgIpc) is 2.99. The fraction of sp³-hybridized carbons (Fsp3) is 0.562. The van der Waals surface area contributed by atoms with Crippen molar-refractivity contribution in [1.29, 1.82) is 0 Å². The highest BCUT2D eigenvalue weighted by Crippen LogP contribution is 2.47. The van der Waals surface area contributed by atoms with Gasteiger partial charge in [-0.3, -0.25) is 9.69 Å². The molecule has 2 saturated heterocycles. The van der Waals surface area contributed by atoms with Gasteiger partial charge in [0.15, 0.2) is 0 Å². The number of benzene rings is 1. The molecule has 0 radical (unpaired) electrons. The fourth-order valence-corrected chi connectivity index (χ4v) is 4.08. The number of fused-ring (bicyclic) bond motifs is 2. The lowest BCUT2D eigenvalue weighted by atomic mass is 9.89. The van der Waals surface area contributed by atoms with E-state index in [1.165, 1.54) is 5.56 Å². The summed E-state index contributed by atoms with van der Waals surface area (Å²) >= 11 is 0. The van der Waals surface area contributed by atoms with Crippen LogP contribution in [0.3, 0.4) is 0 Å². The van der Waals surface area contributed by atoms with E-state index in [2.05, 4.69) is 36.1 Å². The van der Waals surface area contributed by atoms with E-state index in [1.807, 2.05) is 6.07 Å². The number of rotatable bonds is 4. The van der Waals surface area contributed by atoms with Crippen molar-refractivity contribution in [2.45, 2.75) is 50.7 Å². The summed E-state index contributed by atoms with van der Waals surface area (Å²) in [6.45, 7) is 2.20. The molecule has 2 bridgehead atoms. The second-order valence-electron chi connectivity index (χ2n) is 5.76. The molecule has 3 nitrogen and oxygen atoms in total. The molecule has 2 fully saturated rings. The molecule has 1 N–H and O–H groups in total. The van der Waals surface area contributed by atoms with Crippen molar-refractivity contribution >= 4 is 5.97 Å². The highest BCUT2D eigenvalue weighted by atomic mass is 16.4. The topological polar surface area (TPSA) is 40.5 Å². The summed E-state index contributed by atoms with van der Waals surface area (Å²) in [6, 6.07) is 11.6. The first-order valence-corrected chi connectivity index (χ1v) is 7.27. The Balaban J connectivity index is 1.87. The number of carbonyl (C=O) groups is 1. The molecule has 0 saturated carbocycles. The van der Waals surface area contributed by atoms with Crippen LogP contribution in [0.4, 0.5) is 0 Å². The summed E-state index contributed by atoms with van der Waals surface area (Å²) < 4.78 is 0. The number of aliphatic carboxylic acids is 1. The summed E-state index contributed by atoms with van der Waals surface area (Å²) in [4.78, 5) is 13.9. The molecule has 2 aliphatic rings. The van der Waals surface area contributed by atoms with E-state index in [1.54, 1.807) is 0 Å². The van der Waals surface area contributed by atoms with Crippen LogP contribution in [-0.4, -0.2) is 28.1 Å². The van der Waals surface area contributed by atoms with E-state index in [9.17, 15) is 9.90 Å². The molecule has 102 valence electrons. The average molecular weight is 259 g/mol. The lowest BCUT2D eigenvalue weighted by Gasteiger charge is -2.32. The van der Waals surface area contributed by atoms with Crippen LogP contribution in [0, 0.1) is 5.92 Å². The van der Waals surface area contributed by atoms with E-state index < -0.39 is 5.97 Å². The Morgan fingerprint density at radius 3 is 2.68 bits per heavy atom. The van der Waals surface area contributed by atoms with Crippen LogP contribution < -0.4 is 0 Å². The number of hydrogen-bond donors (Lipinski definition) is 1. The summed E-state index contributed by atoms with van der Waals surface area (Å²) in [5.41, 5.74) is 1.33. The van der Waals surface area contributed by atoms with Gasteiger partial charge in [0.2, 0.25) is 0 Å². The van der Waals surface area contributed by atoms with Crippen molar-refractivity contribution < 1.29 is 9.90 Å². The summed E-state index contributed by atoms with van der Waals surface area (Å²) in [6.07, 6.45) is 4.09. The van der Waals surface area contributed by atoms with Crippen LogP contribution >= 0.6 is 0 Å². The van der Waals surface area contributed by atoms with Gasteiger partial charge in [-0.25, -0.2) is 0 Å². The first kappa shape index (κ1) is 12.7. The maximum absolute atomic E-state index is 11.4. The normalized spacial score (nSPS) is 31.5. The van der Waals surface area contributed by atoms with Crippen molar-refractivity contribution in [3.05, 3.63) is 35.9 Å². The third-order valence-electron chi connectivity index (χ3n) is 4.84. The van der Waals surface area contributed by atoms with Crippen LogP contribution in [0.5, 0.6) is 0 Å². The molecular weight excluding hydrogens is 238 g/mol. The molecule has 1 aromatic carbocycles. The molecule has 3 heteroatoms. The molecule has 2 heterocycles. The van der Waals surface area contributed by atoms with Gasteiger partial charge < -0.3 is 5.11 Å². The Morgan fingerprint density at radius 2 is 2.11 bits per heavy atom. The molecule has 0 aliphatic carbocycles. The van der Waals surface area contributed by atoms with E-state index in [0.717, 1.165) is 25.7 Å². The molecule has 2 aliphatic heterocycles. The van der Waals surface area contributed by atoms with Gasteiger partial charge >= 0.3 is 5.97 Å². The quantitative estimate of drug-likeness (QED) is 0.903. The molecule has 4 unspecified atom stereocenters. The SMILES string of the molecule is CCC(c1ccccc1)N1C2CCC1C(C(=O)O)C2. The Labute approximate surface area is 114 Å². The standard InChI is InChI=1S/C16H21NO2/c1-2-14(11-6-4-3-5-7-11)17-12-8-9-15(17)13(10-12)16(18)19/h3-7,12-15H,2,8-10H2,1H3,(H,18,19). The van der Waals surface area contributed by atoms with E-state index >= 15 is 0 Å². The van der Waals surface area contributed by atoms with Gasteiger partial charge in [-0.15, -0.1) is 0 Å². The van der Waals surface area contributed by atoms with Gasteiger partial charge in [0.1, 0.15) is 0 Å². The van der Waals surface area contributed by atoms with E-state index in [-0.39, 0.29) is 12.0 Å². The molecule has 0 amide bonds. The molecule has 1 aromatic rings. The zero-order chi connectivity index (χ0) is 13.4. The minimum atomic E-state index is -0.611. The largest absolute Gasteiger partial charge is 0.481 e. The van der Waals surface area contributed by atoms with E-state index in [4.69, 9.17) is 0 Å². The third-order valence-corrected chi connectivity index (χ3v) is 4.84. The van der Waals surface area contributed by atoms with E-state index in [0.29, 0.717) is 12.1 Å². The first-order chi connectivity index (χ1) is 9.22. The van der Waals surface area contributed by atoms with Gasteiger partial charge in [-0.05, 0) is 31.2 Å². The minimum Gasteiger partial charge on any atom is -0.481 e. The van der Waals surface area contributed by atoms with Crippen molar-refractivity contribution in [1.82, 2.24) is 4.90 Å². The van der Waals surface area contributed by atoms with Crippen LogP contribution in [0.25, 0.3) is 0 Å².